The van der Waals surface area contributed by atoms with Crippen LogP contribution in [-0.2, 0) is 18.4 Å². The number of rotatable bonds is 4. The Kier molecular flexibility index (Phi) is 5.31. The van der Waals surface area contributed by atoms with Crippen molar-refractivity contribution in [3.63, 3.8) is 0 Å². The Morgan fingerprint density at radius 2 is 1.85 bits per heavy atom. The molecule has 7 heteroatoms. The molecule has 140 valence electrons. The maximum atomic E-state index is 12.6. The van der Waals surface area contributed by atoms with E-state index in [4.69, 9.17) is 0 Å². The second-order valence-corrected chi connectivity index (χ2v) is 9.24. The number of imidazole rings is 1. The van der Waals surface area contributed by atoms with Crippen LogP contribution >= 0.6 is 23.5 Å². The molecule has 0 spiro atoms. The molecule has 1 amide bonds. The number of para-hydroxylation sites is 2. The summed E-state index contributed by atoms with van der Waals surface area (Å²) in [5.74, 6) is 2.16. The number of nitrogens with zero attached hydrogens (tertiary/aromatic N) is 2. The van der Waals surface area contributed by atoms with Crippen molar-refractivity contribution in [2.75, 3.05) is 16.8 Å². The summed E-state index contributed by atoms with van der Waals surface area (Å²) in [6, 6.07) is 15.5. The van der Waals surface area contributed by atoms with E-state index in [0.29, 0.717) is 4.58 Å². The molecule has 2 aromatic carbocycles. The average molecular weight is 400 g/mol. The van der Waals surface area contributed by atoms with E-state index in [0.717, 1.165) is 16.7 Å². The molecule has 27 heavy (non-hydrogen) atoms. The first-order valence-electron chi connectivity index (χ1n) is 8.91. The maximum absolute atomic E-state index is 12.6. The minimum absolute atomic E-state index is 0.00264. The SMILES string of the molecule is Cn1c(=O)n(CC(=O)Nc2cccc(C3SCCCS3)c2)c2ccccc21. The van der Waals surface area contributed by atoms with Crippen molar-refractivity contribution in [3.8, 4) is 0 Å². The second-order valence-electron chi connectivity index (χ2n) is 6.52. The summed E-state index contributed by atoms with van der Waals surface area (Å²) in [5, 5.41) is 2.94. The van der Waals surface area contributed by atoms with Crippen molar-refractivity contribution in [3.05, 3.63) is 64.6 Å². The predicted octanol–water partition coefficient (Wildman–Crippen LogP) is 3.85. The zero-order valence-corrected chi connectivity index (χ0v) is 16.7. The topological polar surface area (TPSA) is 56.0 Å². The summed E-state index contributed by atoms with van der Waals surface area (Å²) in [7, 11) is 1.72. The van der Waals surface area contributed by atoms with Crippen LogP contribution in [0.2, 0.25) is 0 Å². The number of benzene rings is 2. The van der Waals surface area contributed by atoms with Crippen LogP contribution in [0.3, 0.4) is 0 Å². The molecular formula is C20H21N3O2S2. The number of hydrogen-bond donors (Lipinski definition) is 1. The number of aromatic nitrogens is 2. The van der Waals surface area contributed by atoms with Crippen molar-refractivity contribution >= 4 is 46.2 Å². The van der Waals surface area contributed by atoms with Gasteiger partial charge in [0.15, 0.2) is 0 Å². The lowest BCUT2D eigenvalue weighted by molar-refractivity contribution is -0.116. The van der Waals surface area contributed by atoms with Gasteiger partial charge < -0.3 is 5.32 Å². The van der Waals surface area contributed by atoms with Gasteiger partial charge in [-0.15, -0.1) is 23.5 Å². The zero-order valence-electron chi connectivity index (χ0n) is 15.1. The van der Waals surface area contributed by atoms with Gasteiger partial charge in [-0.05, 0) is 47.8 Å². The molecule has 2 heterocycles. The number of thioether (sulfide) groups is 2. The van der Waals surface area contributed by atoms with Gasteiger partial charge in [0, 0.05) is 12.7 Å². The molecule has 0 radical (unpaired) electrons. The Balaban J connectivity index is 1.52. The molecular weight excluding hydrogens is 378 g/mol. The normalized spacial score (nSPS) is 15.1. The molecule has 1 aliphatic rings. The molecule has 5 nitrogen and oxygen atoms in total. The highest BCUT2D eigenvalue weighted by molar-refractivity contribution is 8.16. The molecule has 3 aromatic rings. The summed E-state index contributed by atoms with van der Waals surface area (Å²) < 4.78 is 3.51. The molecule has 1 aliphatic heterocycles. The minimum Gasteiger partial charge on any atom is -0.325 e. The maximum Gasteiger partial charge on any atom is 0.329 e. The smallest absolute Gasteiger partial charge is 0.325 e. The molecule has 0 bridgehead atoms. The van der Waals surface area contributed by atoms with E-state index >= 15 is 0 Å². The van der Waals surface area contributed by atoms with Crippen molar-refractivity contribution in [2.24, 2.45) is 7.05 Å². The van der Waals surface area contributed by atoms with E-state index in [1.54, 1.807) is 11.6 Å². The Morgan fingerprint density at radius 3 is 2.63 bits per heavy atom. The fourth-order valence-electron chi connectivity index (χ4n) is 3.30. The number of hydrogen-bond acceptors (Lipinski definition) is 4. The van der Waals surface area contributed by atoms with Crippen LogP contribution in [-0.4, -0.2) is 26.5 Å². The second kappa shape index (κ2) is 7.86. The number of nitrogens with one attached hydrogen (secondary N) is 1. The van der Waals surface area contributed by atoms with Crippen LogP contribution in [0.1, 0.15) is 16.6 Å². The Bertz CT molecular complexity index is 1040. The lowest BCUT2D eigenvalue weighted by Gasteiger charge is -2.21. The predicted molar refractivity (Wildman–Crippen MR) is 115 cm³/mol. The van der Waals surface area contributed by atoms with Gasteiger partial charge in [0.2, 0.25) is 5.91 Å². The quantitative estimate of drug-likeness (QED) is 0.724. The van der Waals surface area contributed by atoms with Crippen molar-refractivity contribution in [1.82, 2.24) is 9.13 Å². The summed E-state index contributed by atoms with van der Waals surface area (Å²) in [5.41, 5.74) is 3.41. The largest absolute Gasteiger partial charge is 0.329 e. The van der Waals surface area contributed by atoms with Crippen LogP contribution in [0, 0.1) is 0 Å². The molecule has 1 fully saturated rings. The van der Waals surface area contributed by atoms with Crippen molar-refractivity contribution in [1.29, 1.82) is 0 Å². The Labute approximate surface area is 166 Å². The molecule has 1 saturated heterocycles. The van der Waals surface area contributed by atoms with Gasteiger partial charge in [-0.1, -0.05) is 24.3 Å². The summed E-state index contributed by atoms with van der Waals surface area (Å²) in [4.78, 5) is 25.1. The first-order valence-corrected chi connectivity index (χ1v) is 11.0. The lowest BCUT2D eigenvalue weighted by atomic mass is 10.2. The zero-order chi connectivity index (χ0) is 18.8. The van der Waals surface area contributed by atoms with E-state index in [2.05, 4.69) is 11.4 Å². The summed E-state index contributed by atoms with van der Waals surface area (Å²) in [6.07, 6.45) is 1.25. The van der Waals surface area contributed by atoms with Crippen LogP contribution in [0.5, 0.6) is 0 Å². The molecule has 0 aliphatic carbocycles. The fraction of sp³-hybridized carbons (Fsp3) is 0.300. The van der Waals surface area contributed by atoms with Crippen LogP contribution < -0.4 is 11.0 Å². The third-order valence-electron chi connectivity index (χ3n) is 4.62. The number of fused-ring (bicyclic) bond motifs is 1. The highest BCUT2D eigenvalue weighted by Crippen LogP contribution is 2.44. The molecule has 0 atom stereocenters. The highest BCUT2D eigenvalue weighted by atomic mass is 32.2. The fourth-order valence-corrected chi connectivity index (χ4v) is 6.18. The van der Waals surface area contributed by atoms with Gasteiger partial charge in [0.25, 0.3) is 0 Å². The molecule has 1 aromatic heterocycles. The first-order chi connectivity index (χ1) is 13.1. The average Bonchev–Trinajstić information content (AvgIpc) is 2.94. The van der Waals surface area contributed by atoms with Gasteiger partial charge >= 0.3 is 5.69 Å². The summed E-state index contributed by atoms with van der Waals surface area (Å²) in [6.45, 7) is -0.00264. The van der Waals surface area contributed by atoms with Crippen molar-refractivity contribution in [2.45, 2.75) is 17.5 Å². The standard InChI is InChI=1S/C20H21N3O2S2/c1-22-16-8-2-3-9-17(16)23(20(22)25)13-18(24)21-15-7-4-6-14(12-15)19-26-10-5-11-27-19/h2-4,6-9,12,19H,5,10-11,13H2,1H3,(H,21,24). The molecule has 1 N–H and O–H groups in total. The van der Waals surface area contributed by atoms with Gasteiger partial charge in [-0.2, -0.15) is 0 Å². The number of carbonyl (C=O) groups excluding carboxylic acids is 1. The van der Waals surface area contributed by atoms with Gasteiger partial charge in [0.05, 0.1) is 15.6 Å². The first kappa shape index (κ1) is 18.3. The van der Waals surface area contributed by atoms with Crippen molar-refractivity contribution < 1.29 is 4.79 Å². The third-order valence-corrected chi connectivity index (χ3v) is 7.64. The monoisotopic (exact) mass is 399 g/mol. The van der Waals surface area contributed by atoms with Crippen LogP contribution in [0.25, 0.3) is 11.0 Å². The Morgan fingerprint density at radius 1 is 1.11 bits per heavy atom. The lowest BCUT2D eigenvalue weighted by Crippen LogP contribution is -2.28. The number of amides is 1. The van der Waals surface area contributed by atoms with Gasteiger partial charge in [-0.25, -0.2) is 4.79 Å². The van der Waals surface area contributed by atoms with Crippen LogP contribution in [0.4, 0.5) is 5.69 Å². The van der Waals surface area contributed by atoms with Crippen LogP contribution in [0.15, 0.2) is 53.3 Å². The summed E-state index contributed by atoms with van der Waals surface area (Å²) >= 11 is 3.91. The molecule has 0 unspecified atom stereocenters. The molecule has 0 saturated carbocycles. The third kappa shape index (κ3) is 3.80. The minimum atomic E-state index is -0.199. The van der Waals surface area contributed by atoms with Gasteiger partial charge in [-0.3, -0.25) is 13.9 Å². The van der Waals surface area contributed by atoms with E-state index in [9.17, 15) is 9.59 Å². The van der Waals surface area contributed by atoms with E-state index in [1.807, 2.05) is 66.0 Å². The number of carbonyl (C=O) groups is 1. The van der Waals surface area contributed by atoms with E-state index in [1.165, 1.54) is 28.1 Å². The Hall–Kier alpha value is -2.12. The number of aryl methyl sites for hydroxylation is 1. The molecule has 4 rings (SSSR count). The van der Waals surface area contributed by atoms with E-state index < -0.39 is 0 Å². The van der Waals surface area contributed by atoms with E-state index in [-0.39, 0.29) is 18.1 Å². The highest BCUT2D eigenvalue weighted by Gasteiger charge is 2.17. The van der Waals surface area contributed by atoms with Gasteiger partial charge in [0.1, 0.15) is 6.54 Å². The number of anilines is 1.